The fourth-order valence-corrected chi connectivity index (χ4v) is 4.54. The highest BCUT2D eigenvalue weighted by Gasteiger charge is 2.46. The topological polar surface area (TPSA) is 41.6 Å². The van der Waals surface area contributed by atoms with Crippen LogP contribution in [-0.2, 0) is 4.79 Å². The summed E-state index contributed by atoms with van der Waals surface area (Å²) in [6, 6.07) is 8.05. The van der Waals surface area contributed by atoms with Gasteiger partial charge in [0.15, 0.2) is 0 Å². The predicted octanol–water partition coefficient (Wildman–Crippen LogP) is 3.04. The summed E-state index contributed by atoms with van der Waals surface area (Å²) in [6.07, 6.45) is 8.07. The molecule has 124 valence electrons. The Balaban J connectivity index is 1.54. The normalized spacial score (nSPS) is 26.5. The van der Waals surface area contributed by atoms with Crippen molar-refractivity contribution in [2.75, 3.05) is 19.7 Å². The zero-order valence-corrected chi connectivity index (χ0v) is 13.7. The smallest absolute Gasteiger partial charge is 0.241 e. The highest BCUT2D eigenvalue weighted by molar-refractivity contribution is 5.87. The Morgan fingerprint density at radius 2 is 1.83 bits per heavy atom. The van der Waals surface area contributed by atoms with Gasteiger partial charge in [-0.2, -0.15) is 0 Å². The van der Waals surface area contributed by atoms with Gasteiger partial charge in [0.25, 0.3) is 0 Å². The van der Waals surface area contributed by atoms with Crippen molar-refractivity contribution in [2.24, 2.45) is 0 Å². The molecule has 1 atom stereocenters. The Morgan fingerprint density at radius 1 is 1.09 bits per heavy atom. The first-order valence-electron chi connectivity index (χ1n) is 9.07. The van der Waals surface area contributed by atoms with E-state index in [4.69, 9.17) is 4.74 Å². The van der Waals surface area contributed by atoms with Crippen LogP contribution in [0.4, 0.5) is 0 Å². The molecule has 0 bridgehead atoms. The molecule has 1 saturated carbocycles. The van der Waals surface area contributed by atoms with E-state index < -0.39 is 0 Å². The van der Waals surface area contributed by atoms with Gasteiger partial charge in [-0.15, -0.1) is 0 Å². The van der Waals surface area contributed by atoms with E-state index in [9.17, 15) is 4.79 Å². The lowest BCUT2D eigenvalue weighted by atomic mass is 9.79. The Morgan fingerprint density at radius 3 is 2.61 bits per heavy atom. The Labute approximate surface area is 138 Å². The summed E-state index contributed by atoms with van der Waals surface area (Å²) < 4.78 is 5.73. The van der Waals surface area contributed by atoms with Crippen LogP contribution < -0.4 is 10.1 Å². The van der Waals surface area contributed by atoms with Crippen LogP contribution in [-0.4, -0.2) is 36.0 Å². The van der Waals surface area contributed by atoms with Crippen LogP contribution in [0.3, 0.4) is 0 Å². The molecule has 2 fully saturated rings. The molecule has 4 nitrogen and oxygen atoms in total. The highest BCUT2D eigenvalue weighted by atomic mass is 16.5. The lowest BCUT2D eigenvalue weighted by Crippen LogP contribution is -2.59. The largest absolute Gasteiger partial charge is 0.491 e. The quantitative estimate of drug-likeness (QED) is 0.932. The molecule has 23 heavy (non-hydrogen) atoms. The zero-order chi connectivity index (χ0) is 15.7. The van der Waals surface area contributed by atoms with Gasteiger partial charge in [-0.1, -0.05) is 37.5 Å². The van der Waals surface area contributed by atoms with Gasteiger partial charge in [-0.05, 0) is 44.8 Å². The molecule has 0 radical (unpaired) electrons. The summed E-state index contributed by atoms with van der Waals surface area (Å²) in [5, 5.41) is 3.32. The molecule has 1 N–H and O–H groups in total. The maximum atomic E-state index is 13.3. The van der Waals surface area contributed by atoms with Crippen molar-refractivity contribution >= 4 is 5.91 Å². The van der Waals surface area contributed by atoms with Crippen LogP contribution in [0.25, 0.3) is 0 Å². The second-order valence-corrected chi connectivity index (χ2v) is 7.16. The van der Waals surface area contributed by atoms with Crippen molar-refractivity contribution < 1.29 is 9.53 Å². The van der Waals surface area contributed by atoms with Crippen molar-refractivity contribution in [2.45, 2.75) is 56.5 Å². The SMILES string of the molecule is O=C(N[C@@H]1COc2ccccc21)C1(N2CCCC2)CCCCC1. The lowest BCUT2D eigenvalue weighted by Gasteiger charge is -2.43. The second kappa shape index (κ2) is 6.16. The van der Waals surface area contributed by atoms with Gasteiger partial charge in [0.2, 0.25) is 5.91 Å². The molecule has 1 saturated heterocycles. The molecule has 4 rings (SSSR count). The number of para-hydroxylation sites is 1. The minimum absolute atomic E-state index is 0.0000968. The number of likely N-dealkylation sites (tertiary alicyclic amines) is 1. The summed E-state index contributed by atoms with van der Waals surface area (Å²) in [6.45, 7) is 2.71. The highest BCUT2D eigenvalue weighted by Crippen LogP contribution is 2.38. The summed E-state index contributed by atoms with van der Waals surface area (Å²) in [7, 11) is 0. The van der Waals surface area contributed by atoms with Crippen LogP contribution in [0.5, 0.6) is 5.75 Å². The van der Waals surface area contributed by atoms with Crippen LogP contribution >= 0.6 is 0 Å². The number of carbonyl (C=O) groups excluding carboxylic acids is 1. The van der Waals surface area contributed by atoms with Crippen molar-refractivity contribution in [3.05, 3.63) is 29.8 Å². The van der Waals surface area contributed by atoms with Gasteiger partial charge < -0.3 is 10.1 Å². The first-order chi connectivity index (χ1) is 11.3. The molecule has 1 aromatic carbocycles. The number of nitrogens with zero attached hydrogens (tertiary/aromatic N) is 1. The van der Waals surface area contributed by atoms with E-state index in [2.05, 4.69) is 16.3 Å². The molecule has 0 spiro atoms. The fourth-order valence-electron chi connectivity index (χ4n) is 4.54. The van der Waals surface area contributed by atoms with E-state index in [0.29, 0.717) is 6.61 Å². The van der Waals surface area contributed by atoms with E-state index in [1.54, 1.807) is 0 Å². The van der Waals surface area contributed by atoms with Gasteiger partial charge in [-0.25, -0.2) is 0 Å². The van der Waals surface area contributed by atoms with E-state index in [0.717, 1.165) is 37.2 Å². The number of nitrogens with one attached hydrogen (secondary N) is 1. The van der Waals surface area contributed by atoms with Crippen molar-refractivity contribution in [3.8, 4) is 5.75 Å². The van der Waals surface area contributed by atoms with Gasteiger partial charge in [-0.3, -0.25) is 9.69 Å². The van der Waals surface area contributed by atoms with E-state index >= 15 is 0 Å². The molecule has 1 aliphatic carbocycles. The van der Waals surface area contributed by atoms with Crippen LogP contribution in [0.1, 0.15) is 56.6 Å². The standard InChI is InChI=1S/C19H26N2O2/c22-18(20-16-14-23-17-9-3-2-8-15(16)17)19(10-4-1-5-11-19)21-12-6-7-13-21/h2-3,8-9,16H,1,4-7,10-14H2,(H,20,22)/t16-/m1/s1. The van der Waals surface area contributed by atoms with E-state index in [1.807, 2.05) is 18.2 Å². The van der Waals surface area contributed by atoms with Gasteiger partial charge in [0.1, 0.15) is 17.9 Å². The molecule has 2 aliphatic heterocycles. The predicted molar refractivity (Wildman–Crippen MR) is 89.4 cm³/mol. The number of hydrogen-bond acceptors (Lipinski definition) is 3. The number of hydrogen-bond donors (Lipinski definition) is 1. The zero-order valence-electron chi connectivity index (χ0n) is 13.7. The number of amides is 1. The minimum atomic E-state index is -0.272. The number of rotatable bonds is 3. The third-order valence-corrected chi connectivity index (χ3v) is 5.82. The Kier molecular flexibility index (Phi) is 4.02. The maximum absolute atomic E-state index is 13.3. The average Bonchev–Trinajstić information content (AvgIpc) is 3.26. The van der Waals surface area contributed by atoms with Crippen LogP contribution in [0, 0.1) is 0 Å². The Bertz CT molecular complexity index is 574. The van der Waals surface area contributed by atoms with Crippen molar-refractivity contribution in [3.63, 3.8) is 0 Å². The minimum Gasteiger partial charge on any atom is -0.491 e. The van der Waals surface area contributed by atoms with Crippen molar-refractivity contribution in [1.29, 1.82) is 0 Å². The molecule has 0 unspecified atom stereocenters. The molecule has 1 amide bonds. The lowest BCUT2D eigenvalue weighted by molar-refractivity contribution is -0.136. The van der Waals surface area contributed by atoms with E-state index in [-0.39, 0.29) is 17.5 Å². The number of benzene rings is 1. The van der Waals surface area contributed by atoms with Gasteiger partial charge >= 0.3 is 0 Å². The number of fused-ring (bicyclic) bond motifs is 1. The molecule has 2 heterocycles. The van der Waals surface area contributed by atoms with Gasteiger partial charge in [0.05, 0.1) is 6.04 Å². The second-order valence-electron chi connectivity index (χ2n) is 7.16. The molecule has 1 aromatic rings. The monoisotopic (exact) mass is 314 g/mol. The third kappa shape index (κ3) is 2.63. The first-order valence-corrected chi connectivity index (χ1v) is 9.07. The summed E-state index contributed by atoms with van der Waals surface area (Å²) in [5.41, 5.74) is 0.847. The fraction of sp³-hybridized carbons (Fsp3) is 0.632. The first kappa shape index (κ1) is 15.0. The summed E-state index contributed by atoms with van der Waals surface area (Å²) in [5.74, 6) is 1.14. The van der Waals surface area contributed by atoms with Gasteiger partial charge in [0, 0.05) is 5.56 Å². The summed E-state index contributed by atoms with van der Waals surface area (Å²) >= 11 is 0. The van der Waals surface area contributed by atoms with Crippen molar-refractivity contribution in [1.82, 2.24) is 10.2 Å². The third-order valence-electron chi connectivity index (χ3n) is 5.82. The van der Waals surface area contributed by atoms with Crippen LogP contribution in [0.2, 0.25) is 0 Å². The molecule has 3 aliphatic rings. The average molecular weight is 314 g/mol. The molecule has 4 heteroatoms. The molecule has 0 aromatic heterocycles. The number of ether oxygens (including phenoxy) is 1. The maximum Gasteiger partial charge on any atom is 0.241 e. The van der Waals surface area contributed by atoms with E-state index in [1.165, 1.54) is 32.1 Å². The summed E-state index contributed by atoms with van der Waals surface area (Å²) in [4.78, 5) is 15.7. The van der Waals surface area contributed by atoms with Crippen LogP contribution in [0.15, 0.2) is 24.3 Å². The molecular formula is C19H26N2O2. The number of carbonyl (C=O) groups is 1. The molecular weight excluding hydrogens is 288 g/mol. The Hall–Kier alpha value is -1.55.